The van der Waals surface area contributed by atoms with Gasteiger partial charge in [-0.2, -0.15) is 0 Å². The molecular weight excluding hydrogens is 342 g/mol. The summed E-state index contributed by atoms with van der Waals surface area (Å²) in [4.78, 5) is 25.8. The molecule has 1 fully saturated rings. The molecule has 144 valence electrons. The standard InChI is InChI=1S/C20H27N5O2/c1-3-16-13-19(23-14-22-16)24-7-9-25(10-8-24)20(26)17-12-15(2)4-5-18(17)27-11-6-21/h4-5,12-14H,3,6-11,21H2,1-2H3. The average Bonchev–Trinajstić information content (AvgIpc) is 2.72. The molecule has 2 N–H and O–H groups in total. The van der Waals surface area contributed by atoms with E-state index in [1.165, 1.54) is 0 Å². The summed E-state index contributed by atoms with van der Waals surface area (Å²) in [5.41, 5.74) is 8.19. The van der Waals surface area contributed by atoms with E-state index in [2.05, 4.69) is 21.8 Å². The van der Waals surface area contributed by atoms with E-state index in [0.717, 1.165) is 36.6 Å². The molecule has 0 radical (unpaired) electrons. The number of anilines is 1. The predicted octanol–water partition coefficient (Wildman–Crippen LogP) is 1.65. The maximum absolute atomic E-state index is 13.1. The molecular formula is C20H27N5O2. The molecule has 0 unspecified atom stereocenters. The maximum Gasteiger partial charge on any atom is 0.257 e. The molecule has 1 aliphatic rings. The molecule has 1 saturated heterocycles. The van der Waals surface area contributed by atoms with Crippen LogP contribution in [0.25, 0.3) is 0 Å². The van der Waals surface area contributed by atoms with Crippen LogP contribution in [-0.4, -0.2) is 60.1 Å². The molecule has 2 aromatic rings. The van der Waals surface area contributed by atoms with Crippen molar-refractivity contribution in [1.82, 2.24) is 14.9 Å². The van der Waals surface area contributed by atoms with Gasteiger partial charge in [-0.3, -0.25) is 4.79 Å². The summed E-state index contributed by atoms with van der Waals surface area (Å²) in [6.07, 6.45) is 2.49. The Hall–Kier alpha value is -2.67. The molecule has 2 heterocycles. The molecule has 1 aliphatic heterocycles. The number of nitrogens with zero attached hydrogens (tertiary/aromatic N) is 4. The average molecular weight is 369 g/mol. The van der Waals surface area contributed by atoms with Gasteiger partial charge in [-0.1, -0.05) is 18.6 Å². The van der Waals surface area contributed by atoms with Crippen LogP contribution in [0.1, 0.15) is 28.5 Å². The normalized spacial score (nSPS) is 14.3. The van der Waals surface area contributed by atoms with Crippen molar-refractivity contribution in [1.29, 1.82) is 0 Å². The van der Waals surface area contributed by atoms with Gasteiger partial charge < -0.3 is 20.3 Å². The zero-order valence-corrected chi connectivity index (χ0v) is 16.0. The quantitative estimate of drug-likeness (QED) is 0.833. The third-order valence-corrected chi connectivity index (χ3v) is 4.70. The van der Waals surface area contributed by atoms with Crippen LogP contribution in [0.2, 0.25) is 0 Å². The molecule has 0 atom stereocenters. The van der Waals surface area contributed by atoms with E-state index in [9.17, 15) is 4.79 Å². The summed E-state index contributed by atoms with van der Waals surface area (Å²) in [5.74, 6) is 1.53. The number of hydrogen-bond donors (Lipinski definition) is 1. The number of piperazine rings is 1. The van der Waals surface area contributed by atoms with E-state index < -0.39 is 0 Å². The third kappa shape index (κ3) is 4.54. The van der Waals surface area contributed by atoms with Gasteiger partial charge in [0, 0.05) is 44.5 Å². The van der Waals surface area contributed by atoms with E-state index in [1.54, 1.807) is 6.33 Å². The highest BCUT2D eigenvalue weighted by atomic mass is 16.5. The molecule has 1 aromatic carbocycles. The zero-order valence-electron chi connectivity index (χ0n) is 16.0. The smallest absolute Gasteiger partial charge is 0.257 e. The highest BCUT2D eigenvalue weighted by Crippen LogP contribution is 2.23. The van der Waals surface area contributed by atoms with Crippen molar-refractivity contribution in [2.75, 3.05) is 44.2 Å². The second kappa shape index (κ2) is 8.81. The highest BCUT2D eigenvalue weighted by Gasteiger charge is 2.25. The Morgan fingerprint density at radius 2 is 1.96 bits per heavy atom. The second-order valence-electron chi connectivity index (χ2n) is 6.64. The minimum absolute atomic E-state index is 0.00214. The van der Waals surface area contributed by atoms with Gasteiger partial charge in [0.05, 0.1) is 5.56 Å². The Labute approximate surface area is 160 Å². The van der Waals surface area contributed by atoms with Gasteiger partial charge in [0.15, 0.2) is 0 Å². The van der Waals surface area contributed by atoms with Crippen molar-refractivity contribution in [3.05, 3.63) is 47.4 Å². The van der Waals surface area contributed by atoms with Gasteiger partial charge >= 0.3 is 0 Å². The van der Waals surface area contributed by atoms with Gasteiger partial charge in [-0.15, -0.1) is 0 Å². The number of aryl methyl sites for hydroxylation is 2. The van der Waals surface area contributed by atoms with Gasteiger partial charge in [0.1, 0.15) is 24.5 Å². The van der Waals surface area contributed by atoms with Gasteiger partial charge in [0.2, 0.25) is 0 Å². The second-order valence-corrected chi connectivity index (χ2v) is 6.64. The molecule has 3 rings (SSSR count). The van der Waals surface area contributed by atoms with Crippen molar-refractivity contribution in [2.24, 2.45) is 5.73 Å². The van der Waals surface area contributed by atoms with Crippen molar-refractivity contribution in [2.45, 2.75) is 20.3 Å². The van der Waals surface area contributed by atoms with Gasteiger partial charge in [0.25, 0.3) is 5.91 Å². The van der Waals surface area contributed by atoms with E-state index in [-0.39, 0.29) is 5.91 Å². The number of amides is 1. The Kier molecular flexibility index (Phi) is 6.24. The molecule has 0 spiro atoms. The van der Waals surface area contributed by atoms with Crippen molar-refractivity contribution >= 4 is 11.7 Å². The number of hydrogen-bond acceptors (Lipinski definition) is 6. The molecule has 1 amide bonds. The Morgan fingerprint density at radius 1 is 1.19 bits per heavy atom. The number of carbonyl (C=O) groups excluding carboxylic acids is 1. The number of nitrogens with two attached hydrogens (primary N) is 1. The Bertz CT molecular complexity index is 788. The van der Waals surface area contributed by atoms with Gasteiger partial charge in [-0.05, 0) is 25.5 Å². The van der Waals surface area contributed by atoms with Crippen LogP contribution in [0.15, 0.2) is 30.6 Å². The minimum atomic E-state index is 0.00214. The van der Waals surface area contributed by atoms with Crippen LogP contribution < -0.4 is 15.4 Å². The number of carbonyl (C=O) groups is 1. The zero-order chi connectivity index (χ0) is 19.2. The predicted molar refractivity (Wildman–Crippen MR) is 105 cm³/mol. The summed E-state index contributed by atoms with van der Waals surface area (Å²) < 4.78 is 5.67. The first-order chi connectivity index (χ1) is 13.1. The Balaban J connectivity index is 1.69. The fourth-order valence-corrected chi connectivity index (χ4v) is 3.17. The van der Waals surface area contributed by atoms with E-state index in [4.69, 9.17) is 10.5 Å². The van der Waals surface area contributed by atoms with Crippen LogP contribution >= 0.6 is 0 Å². The summed E-state index contributed by atoms with van der Waals surface area (Å²) in [6.45, 7) is 7.65. The van der Waals surface area contributed by atoms with Crippen LogP contribution in [0.3, 0.4) is 0 Å². The summed E-state index contributed by atoms with van der Waals surface area (Å²) in [7, 11) is 0. The maximum atomic E-state index is 13.1. The molecule has 0 saturated carbocycles. The molecule has 27 heavy (non-hydrogen) atoms. The van der Waals surface area contributed by atoms with E-state index in [1.807, 2.05) is 36.1 Å². The molecule has 1 aromatic heterocycles. The first-order valence-corrected chi connectivity index (χ1v) is 9.41. The van der Waals surface area contributed by atoms with Crippen molar-refractivity contribution in [3.8, 4) is 5.75 Å². The van der Waals surface area contributed by atoms with Crippen LogP contribution in [0.4, 0.5) is 5.82 Å². The monoisotopic (exact) mass is 369 g/mol. The molecule has 0 aliphatic carbocycles. The summed E-state index contributed by atoms with van der Waals surface area (Å²) in [5, 5.41) is 0. The number of ether oxygens (including phenoxy) is 1. The van der Waals surface area contributed by atoms with Gasteiger partial charge in [-0.25, -0.2) is 9.97 Å². The lowest BCUT2D eigenvalue weighted by atomic mass is 10.1. The number of benzene rings is 1. The highest BCUT2D eigenvalue weighted by molar-refractivity contribution is 5.97. The SMILES string of the molecule is CCc1cc(N2CCN(C(=O)c3cc(C)ccc3OCCN)CC2)ncn1. The van der Waals surface area contributed by atoms with E-state index in [0.29, 0.717) is 37.6 Å². The molecule has 7 heteroatoms. The van der Waals surface area contributed by atoms with Crippen molar-refractivity contribution in [3.63, 3.8) is 0 Å². The molecule has 0 bridgehead atoms. The third-order valence-electron chi connectivity index (χ3n) is 4.70. The number of aromatic nitrogens is 2. The summed E-state index contributed by atoms with van der Waals surface area (Å²) in [6, 6.07) is 7.71. The van der Waals surface area contributed by atoms with Crippen LogP contribution in [0, 0.1) is 6.92 Å². The molecule has 7 nitrogen and oxygen atoms in total. The van der Waals surface area contributed by atoms with E-state index >= 15 is 0 Å². The fraction of sp³-hybridized carbons (Fsp3) is 0.450. The lowest BCUT2D eigenvalue weighted by Gasteiger charge is -2.35. The first kappa shape index (κ1) is 19.1. The summed E-state index contributed by atoms with van der Waals surface area (Å²) >= 11 is 0. The van der Waals surface area contributed by atoms with Crippen LogP contribution in [-0.2, 0) is 6.42 Å². The lowest BCUT2D eigenvalue weighted by molar-refractivity contribution is 0.0742. The topological polar surface area (TPSA) is 84.6 Å². The Morgan fingerprint density at radius 3 is 2.67 bits per heavy atom. The lowest BCUT2D eigenvalue weighted by Crippen LogP contribution is -2.49. The van der Waals surface area contributed by atoms with Crippen LogP contribution in [0.5, 0.6) is 5.75 Å². The first-order valence-electron chi connectivity index (χ1n) is 9.41. The minimum Gasteiger partial charge on any atom is -0.491 e. The fourth-order valence-electron chi connectivity index (χ4n) is 3.17. The largest absolute Gasteiger partial charge is 0.491 e. The van der Waals surface area contributed by atoms with Crippen molar-refractivity contribution < 1.29 is 9.53 Å². The number of rotatable bonds is 6.